The van der Waals surface area contributed by atoms with Crippen LogP contribution in [0.5, 0.6) is 0 Å². The first-order valence-electron chi connectivity index (χ1n) is 7.09. The van der Waals surface area contributed by atoms with E-state index in [-0.39, 0.29) is 12.5 Å². The molecule has 2 N–H and O–H groups in total. The van der Waals surface area contributed by atoms with E-state index >= 15 is 0 Å². The summed E-state index contributed by atoms with van der Waals surface area (Å²) in [6.45, 7) is 2.17. The van der Waals surface area contributed by atoms with Crippen LogP contribution in [-0.2, 0) is 14.3 Å². The lowest BCUT2D eigenvalue weighted by Gasteiger charge is -2.28. The molecular formula is C14H22O5. The number of hydrogen-bond donors (Lipinski definition) is 2. The molecule has 1 heterocycles. The van der Waals surface area contributed by atoms with Gasteiger partial charge in [-0.2, -0.15) is 0 Å². The molecule has 0 aromatic rings. The quantitative estimate of drug-likeness (QED) is 0.692. The Bertz CT molecular complexity index is 352. The Balaban J connectivity index is 1.85. The van der Waals surface area contributed by atoms with Gasteiger partial charge in [0.1, 0.15) is 0 Å². The number of carboxylic acids is 2. The lowest BCUT2D eigenvalue weighted by molar-refractivity contribution is -0.144. The number of epoxide rings is 1. The maximum atomic E-state index is 11.3. The standard InChI is InChI=1S/C14H22O5/c1-8-5-6-11-13(19-11)10(8)7-9(14(17)18)3-2-4-12(15)16/h8-11,13H,2-7H2,1H3,(H,15,16)(H,17,18). The van der Waals surface area contributed by atoms with E-state index in [0.717, 1.165) is 12.8 Å². The minimum Gasteiger partial charge on any atom is -0.481 e. The second-order valence-corrected chi connectivity index (χ2v) is 5.91. The van der Waals surface area contributed by atoms with Crippen LogP contribution in [-0.4, -0.2) is 34.4 Å². The van der Waals surface area contributed by atoms with Crippen molar-refractivity contribution in [3.05, 3.63) is 0 Å². The summed E-state index contributed by atoms with van der Waals surface area (Å²) in [5.74, 6) is -1.27. The largest absolute Gasteiger partial charge is 0.481 e. The van der Waals surface area contributed by atoms with E-state index in [2.05, 4.69) is 6.92 Å². The van der Waals surface area contributed by atoms with Crippen molar-refractivity contribution in [1.29, 1.82) is 0 Å². The predicted molar refractivity (Wildman–Crippen MR) is 67.8 cm³/mol. The van der Waals surface area contributed by atoms with E-state index in [9.17, 15) is 14.7 Å². The maximum absolute atomic E-state index is 11.3. The van der Waals surface area contributed by atoms with Crippen LogP contribution in [0.3, 0.4) is 0 Å². The molecule has 1 aliphatic heterocycles. The van der Waals surface area contributed by atoms with E-state index in [1.54, 1.807) is 0 Å². The molecule has 5 heteroatoms. The Kier molecular flexibility index (Phi) is 4.45. The van der Waals surface area contributed by atoms with Crippen molar-refractivity contribution < 1.29 is 24.5 Å². The highest BCUT2D eigenvalue weighted by atomic mass is 16.6. The lowest BCUT2D eigenvalue weighted by Crippen LogP contribution is -2.29. The summed E-state index contributed by atoms with van der Waals surface area (Å²) in [5, 5.41) is 17.9. The van der Waals surface area contributed by atoms with Crippen molar-refractivity contribution in [3.63, 3.8) is 0 Å². The van der Waals surface area contributed by atoms with Gasteiger partial charge in [-0.15, -0.1) is 0 Å². The predicted octanol–water partition coefficient (Wildman–Crippen LogP) is 2.15. The van der Waals surface area contributed by atoms with Gasteiger partial charge in [-0.05, 0) is 43.9 Å². The van der Waals surface area contributed by atoms with Crippen molar-refractivity contribution in [2.45, 2.75) is 57.7 Å². The van der Waals surface area contributed by atoms with Gasteiger partial charge in [0.2, 0.25) is 0 Å². The normalized spacial score (nSPS) is 34.4. The molecule has 0 aromatic carbocycles. The Morgan fingerprint density at radius 1 is 1.32 bits per heavy atom. The third-order valence-corrected chi connectivity index (χ3v) is 4.53. The third kappa shape index (κ3) is 3.69. The molecule has 5 nitrogen and oxygen atoms in total. The fraction of sp³-hybridized carbons (Fsp3) is 0.857. The first-order chi connectivity index (χ1) is 8.99. The molecule has 2 rings (SSSR count). The molecule has 2 aliphatic rings. The van der Waals surface area contributed by atoms with Crippen LogP contribution in [0, 0.1) is 17.8 Å². The molecule has 0 radical (unpaired) electrons. The number of hydrogen-bond acceptors (Lipinski definition) is 3. The zero-order chi connectivity index (χ0) is 14.0. The average molecular weight is 270 g/mol. The van der Waals surface area contributed by atoms with Crippen LogP contribution in [0.25, 0.3) is 0 Å². The van der Waals surface area contributed by atoms with Gasteiger partial charge in [0, 0.05) is 6.42 Å². The van der Waals surface area contributed by atoms with E-state index in [4.69, 9.17) is 9.84 Å². The second kappa shape index (κ2) is 5.90. The molecule has 1 saturated heterocycles. The van der Waals surface area contributed by atoms with Gasteiger partial charge in [-0.1, -0.05) is 6.92 Å². The molecule has 0 bridgehead atoms. The number of ether oxygens (including phenoxy) is 1. The SMILES string of the molecule is CC1CCC2OC2C1CC(CCCC(=O)O)C(=O)O. The van der Waals surface area contributed by atoms with E-state index in [1.165, 1.54) is 0 Å². The summed E-state index contributed by atoms with van der Waals surface area (Å²) < 4.78 is 5.60. The highest BCUT2D eigenvalue weighted by Gasteiger charge is 2.50. The highest BCUT2D eigenvalue weighted by Crippen LogP contribution is 2.46. The molecular weight excluding hydrogens is 248 g/mol. The minimum atomic E-state index is -0.860. The first-order valence-corrected chi connectivity index (χ1v) is 7.09. The topological polar surface area (TPSA) is 87.1 Å². The summed E-state index contributed by atoms with van der Waals surface area (Å²) in [7, 11) is 0. The van der Waals surface area contributed by atoms with Crippen molar-refractivity contribution in [3.8, 4) is 0 Å². The van der Waals surface area contributed by atoms with E-state index in [0.29, 0.717) is 37.2 Å². The van der Waals surface area contributed by atoms with Gasteiger partial charge in [0.25, 0.3) is 0 Å². The van der Waals surface area contributed by atoms with Crippen LogP contribution in [0.15, 0.2) is 0 Å². The fourth-order valence-electron chi connectivity index (χ4n) is 3.27. The van der Waals surface area contributed by atoms with Gasteiger partial charge >= 0.3 is 11.9 Å². The number of carbonyl (C=O) groups is 2. The number of rotatable bonds is 7. The van der Waals surface area contributed by atoms with Gasteiger partial charge < -0.3 is 14.9 Å². The van der Waals surface area contributed by atoms with Crippen LogP contribution in [0.1, 0.15) is 45.4 Å². The number of aliphatic carboxylic acids is 2. The van der Waals surface area contributed by atoms with Gasteiger partial charge in [0.15, 0.2) is 0 Å². The zero-order valence-corrected chi connectivity index (χ0v) is 11.2. The molecule has 1 saturated carbocycles. The van der Waals surface area contributed by atoms with Crippen molar-refractivity contribution in [2.24, 2.45) is 17.8 Å². The highest BCUT2D eigenvalue weighted by molar-refractivity contribution is 5.70. The van der Waals surface area contributed by atoms with Crippen molar-refractivity contribution in [1.82, 2.24) is 0 Å². The smallest absolute Gasteiger partial charge is 0.306 e. The van der Waals surface area contributed by atoms with Crippen LogP contribution in [0.2, 0.25) is 0 Å². The summed E-state index contributed by atoms with van der Waals surface area (Å²) in [5.41, 5.74) is 0. The molecule has 2 fully saturated rings. The van der Waals surface area contributed by atoms with Crippen molar-refractivity contribution in [2.75, 3.05) is 0 Å². The molecule has 19 heavy (non-hydrogen) atoms. The van der Waals surface area contributed by atoms with Crippen molar-refractivity contribution >= 4 is 11.9 Å². The Morgan fingerprint density at radius 2 is 2.05 bits per heavy atom. The second-order valence-electron chi connectivity index (χ2n) is 5.91. The first kappa shape index (κ1) is 14.3. The Labute approximate surface area is 112 Å². The number of carboxylic acid groups (broad SMARTS) is 2. The molecule has 1 aliphatic carbocycles. The molecule has 0 spiro atoms. The third-order valence-electron chi connectivity index (χ3n) is 4.53. The van der Waals surface area contributed by atoms with Gasteiger partial charge in [-0.3, -0.25) is 9.59 Å². The van der Waals surface area contributed by atoms with Crippen LogP contribution >= 0.6 is 0 Å². The van der Waals surface area contributed by atoms with Crippen LogP contribution < -0.4 is 0 Å². The summed E-state index contributed by atoms with van der Waals surface area (Å²) >= 11 is 0. The Hall–Kier alpha value is -1.10. The molecule has 5 atom stereocenters. The fourth-order valence-corrected chi connectivity index (χ4v) is 3.27. The molecule has 5 unspecified atom stereocenters. The maximum Gasteiger partial charge on any atom is 0.306 e. The monoisotopic (exact) mass is 270 g/mol. The summed E-state index contributed by atoms with van der Waals surface area (Å²) in [6.07, 6.45) is 4.36. The molecule has 0 amide bonds. The van der Waals surface area contributed by atoms with Gasteiger partial charge in [0.05, 0.1) is 18.1 Å². The van der Waals surface area contributed by atoms with Gasteiger partial charge in [-0.25, -0.2) is 0 Å². The summed E-state index contributed by atoms with van der Waals surface area (Å²) in [4.78, 5) is 21.8. The average Bonchev–Trinajstić information content (AvgIpc) is 3.09. The molecule has 108 valence electrons. The number of fused-ring (bicyclic) bond motifs is 1. The lowest BCUT2D eigenvalue weighted by atomic mass is 9.75. The van der Waals surface area contributed by atoms with Crippen LogP contribution in [0.4, 0.5) is 0 Å². The summed E-state index contributed by atoms with van der Waals surface area (Å²) in [6, 6.07) is 0. The van der Waals surface area contributed by atoms with E-state index in [1.807, 2.05) is 0 Å². The van der Waals surface area contributed by atoms with E-state index < -0.39 is 17.9 Å². The molecule has 0 aromatic heterocycles. The zero-order valence-electron chi connectivity index (χ0n) is 11.2. The Morgan fingerprint density at radius 3 is 2.68 bits per heavy atom. The minimum absolute atomic E-state index is 0.0482.